The van der Waals surface area contributed by atoms with Crippen molar-refractivity contribution in [2.75, 3.05) is 6.54 Å². The minimum absolute atomic E-state index is 0.213. The van der Waals surface area contributed by atoms with Gasteiger partial charge in [0.1, 0.15) is 0 Å². The van der Waals surface area contributed by atoms with Crippen molar-refractivity contribution < 1.29 is 5.11 Å². The third kappa shape index (κ3) is 3.06. The van der Waals surface area contributed by atoms with Crippen molar-refractivity contribution in [3.63, 3.8) is 0 Å². The van der Waals surface area contributed by atoms with Gasteiger partial charge in [-0.15, -0.1) is 0 Å². The standard InChI is InChI=1S/C17H20N2O/c20-17-8-11-19(13-15-6-9-18-10-7-15)16(17)12-14-4-2-1-3-5-14/h1-7,9-10,16-17,20H,8,11-13H2/t16-,17-/m1/s1. The second-order valence-corrected chi connectivity index (χ2v) is 5.44. The lowest BCUT2D eigenvalue weighted by atomic mass is 10.0. The molecule has 1 aliphatic heterocycles. The molecule has 2 aromatic rings. The van der Waals surface area contributed by atoms with Crippen LogP contribution in [0.15, 0.2) is 54.9 Å². The SMILES string of the molecule is O[C@@H]1CCN(Cc2ccncc2)[C@@H]1Cc1ccccc1. The van der Waals surface area contributed by atoms with Crippen LogP contribution in [0.1, 0.15) is 17.5 Å². The lowest BCUT2D eigenvalue weighted by molar-refractivity contribution is 0.112. The maximum Gasteiger partial charge on any atom is 0.0710 e. The molecule has 3 nitrogen and oxygen atoms in total. The Hall–Kier alpha value is -1.71. The summed E-state index contributed by atoms with van der Waals surface area (Å²) >= 11 is 0. The zero-order valence-electron chi connectivity index (χ0n) is 11.5. The number of nitrogens with zero attached hydrogens (tertiary/aromatic N) is 2. The number of aliphatic hydroxyl groups excluding tert-OH is 1. The first-order valence-corrected chi connectivity index (χ1v) is 7.18. The summed E-state index contributed by atoms with van der Waals surface area (Å²) in [5.74, 6) is 0. The molecule has 1 N–H and O–H groups in total. The quantitative estimate of drug-likeness (QED) is 0.924. The van der Waals surface area contributed by atoms with Crippen molar-refractivity contribution >= 4 is 0 Å². The Kier molecular flexibility index (Phi) is 4.09. The molecule has 20 heavy (non-hydrogen) atoms. The number of likely N-dealkylation sites (tertiary alicyclic amines) is 1. The zero-order valence-corrected chi connectivity index (χ0v) is 11.5. The number of aliphatic hydroxyl groups is 1. The van der Waals surface area contributed by atoms with E-state index in [1.165, 1.54) is 11.1 Å². The summed E-state index contributed by atoms with van der Waals surface area (Å²) in [7, 11) is 0. The molecule has 1 fully saturated rings. The van der Waals surface area contributed by atoms with E-state index in [4.69, 9.17) is 0 Å². The van der Waals surface area contributed by atoms with Crippen molar-refractivity contribution in [3.05, 3.63) is 66.0 Å². The molecule has 0 amide bonds. The summed E-state index contributed by atoms with van der Waals surface area (Å²) in [6.45, 7) is 1.85. The molecule has 0 saturated carbocycles. The van der Waals surface area contributed by atoms with Crippen molar-refractivity contribution in [2.24, 2.45) is 0 Å². The van der Waals surface area contributed by atoms with Gasteiger partial charge in [-0.2, -0.15) is 0 Å². The van der Waals surface area contributed by atoms with Gasteiger partial charge in [0.25, 0.3) is 0 Å². The summed E-state index contributed by atoms with van der Waals surface area (Å²) in [6, 6.07) is 14.7. The average molecular weight is 268 g/mol. The van der Waals surface area contributed by atoms with Gasteiger partial charge in [0, 0.05) is 31.5 Å². The van der Waals surface area contributed by atoms with Crippen molar-refractivity contribution in [3.8, 4) is 0 Å². The van der Waals surface area contributed by atoms with Crippen LogP contribution in [0.4, 0.5) is 0 Å². The van der Waals surface area contributed by atoms with Gasteiger partial charge < -0.3 is 5.11 Å². The molecule has 0 aliphatic carbocycles. The van der Waals surface area contributed by atoms with E-state index in [1.807, 2.05) is 30.6 Å². The van der Waals surface area contributed by atoms with E-state index in [0.717, 1.165) is 25.9 Å². The molecule has 2 heterocycles. The molecule has 0 spiro atoms. The van der Waals surface area contributed by atoms with E-state index in [9.17, 15) is 5.11 Å². The van der Waals surface area contributed by atoms with E-state index in [1.54, 1.807) is 0 Å². The Morgan fingerprint density at radius 1 is 1.05 bits per heavy atom. The number of pyridine rings is 1. The van der Waals surface area contributed by atoms with Gasteiger partial charge in [-0.1, -0.05) is 30.3 Å². The van der Waals surface area contributed by atoms with Gasteiger partial charge >= 0.3 is 0 Å². The monoisotopic (exact) mass is 268 g/mol. The molecule has 1 aliphatic rings. The number of benzene rings is 1. The third-order valence-corrected chi connectivity index (χ3v) is 4.05. The number of rotatable bonds is 4. The minimum atomic E-state index is -0.225. The second-order valence-electron chi connectivity index (χ2n) is 5.44. The Bertz CT molecular complexity index is 529. The minimum Gasteiger partial charge on any atom is -0.391 e. The largest absolute Gasteiger partial charge is 0.391 e. The predicted molar refractivity (Wildman–Crippen MR) is 79.2 cm³/mol. The van der Waals surface area contributed by atoms with Crippen LogP contribution in [0, 0.1) is 0 Å². The maximum atomic E-state index is 10.2. The predicted octanol–water partition coefficient (Wildman–Crippen LogP) is 2.26. The Balaban J connectivity index is 1.70. The van der Waals surface area contributed by atoms with E-state index in [2.05, 4.69) is 34.1 Å². The molecule has 0 bridgehead atoms. The van der Waals surface area contributed by atoms with Crippen LogP contribution in [0.25, 0.3) is 0 Å². The number of hydrogen-bond donors (Lipinski definition) is 1. The van der Waals surface area contributed by atoms with Gasteiger partial charge in [0.15, 0.2) is 0 Å². The van der Waals surface area contributed by atoms with E-state index >= 15 is 0 Å². The van der Waals surface area contributed by atoms with Gasteiger partial charge in [-0.3, -0.25) is 9.88 Å². The molecule has 0 radical (unpaired) electrons. The fraction of sp³-hybridized carbons (Fsp3) is 0.353. The van der Waals surface area contributed by atoms with Crippen molar-refractivity contribution in [1.29, 1.82) is 0 Å². The Morgan fingerprint density at radius 3 is 2.55 bits per heavy atom. The summed E-state index contributed by atoms with van der Waals surface area (Å²) in [6.07, 6.45) is 5.20. The molecular weight excluding hydrogens is 248 g/mol. The second kappa shape index (κ2) is 6.16. The van der Waals surface area contributed by atoms with Crippen molar-refractivity contribution in [1.82, 2.24) is 9.88 Å². The van der Waals surface area contributed by atoms with Gasteiger partial charge in [-0.25, -0.2) is 0 Å². The zero-order chi connectivity index (χ0) is 13.8. The van der Waals surface area contributed by atoms with E-state index in [0.29, 0.717) is 0 Å². The molecule has 3 rings (SSSR count). The molecule has 1 saturated heterocycles. The first-order chi connectivity index (χ1) is 9.83. The highest BCUT2D eigenvalue weighted by atomic mass is 16.3. The topological polar surface area (TPSA) is 36.4 Å². The fourth-order valence-corrected chi connectivity index (χ4v) is 2.94. The van der Waals surface area contributed by atoms with Crippen molar-refractivity contribution in [2.45, 2.75) is 31.5 Å². The van der Waals surface area contributed by atoms with Gasteiger partial charge in [-0.05, 0) is 36.1 Å². The third-order valence-electron chi connectivity index (χ3n) is 4.05. The van der Waals surface area contributed by atoms with Gasteiger partial charge in [0.05, 0.1) is 6.10 Å². The molecule has 104 valence electrons. The van der Waals surface area contributed by atoms with Gasteiger partial charge in [0.2, 0.25) is 0 Å². The summed E-state index contributed by atoms with van der Waals surface area (Å²) in [5.41, 5.74) is 2.55. The Labute approximate surface area is 119 Å². The molecule has 3 heteroatoms. The van der Waals surface area contributed by atoms with Crippen LogP contribution in [0.5, 0.6) is 0 Å². The smallest absolute Gasteiger partial charge is 0.0710 e. The Morgan fingerprint density at radius 2 is 1.80 bits per heavy atom. The molecule has 1 aromatic carbocycles. The maximum absolute atomic E-state index is 10.2. The first-order valence-electron chi connectivity index (χ1n) is 7.18. The van der Waals surface area contributed by atoms with Crippen LogP contribution in [-0.4, -0.2) is 33.7 Å². The van der Waals surface area contributed by atoms with Crippen LogP contribution in [0.3, 0.4) is 0 Å². The highest BCUT2D eigenvalue weighted by molar-refractivity contribution is 5.17. The molecule has 2 atom stereocenters. The molecular formula is C17H20N2O. The summed E-state index contributed by atoms with van der Waals surface area (Å²) in [4.78, 5) is 6.44. The fourth-order valence-electron chi connectivity index (χ4n) is 2.94. The van der Waals surface area contributed by atoms with Crippen LogP contribution in [-0.2, 0) is 13.0 Å². The van der Waals surface area contributed by atoms with Crippen LogP contribution >= 0.6 is 0 Å². The van der Waals surface area contributed by atoms with Crippen LogP contribution < -0.4 is 0 Å². The highest BCUT2D eigenvalue weighted by Gasteiger charge is 2.32. The molecule has 0 unspecified atom stereocenters. The summed E-state index contributed by atoms with van der Waals surface area (Å²) in [5, 5.41) is 10.2. The lowest BCUT2D eigenvalue weighted by Crippen LogP contribution is -2.36. The van der Waals surface area contributed by atoms with E-state index in [-0.39, 0.29) is 12.1 Å². The average Bonchev–Trinajstić information content (AvgIpc) is 2.83. The molecule has 1 aromatic heterocycles. The lowest BCUT2D eigenvalue weighted by Gasteiger charge is -2.26. The number of hydrogen-bond acceptors (Lipinski definition) is 3. The van der Waals surface area contributed by atoms with E-state index < -0.39 is 0 Å². The van der Waals surface area contributed by atoms with Crippen LogP contribution in [0.2, 0.25) is 0 Å². The number of aromatic nitrogens is 1. The highest BCUT2D eigenvalue weighted by Crippen LogP contribution is 2.23. The summed E-state index contributed by atoms with van der Waals surface area (Å²) < 4.78 is 0. The normalized spacial score (nSPS) is 23.1. The first kappa shape index (κ1) is 13.3.